The summed E-state index contributed by atoms with van der Waals surface area (Å²) in [5, 5.41) is 10.9. The first kappa shape index (κ1) is 14.4. The molecule has 5 heteroatoms. The number of nitrogens with zero attached hydrogens (tertiary/aromatic N) is 3. The summed E-state index contributed by atoms with van der Waals surface area (Å²) >= 11 is 0. The molecule has 0 atom stereocenters. The minimum Gasteiger partial charge on any atom is -0.368 e. The second kappa shape index (κ2) is 6.05. The van der Waals surface area contributed by atoms with Crippen LogP contribution in [0.4, 0.5) is 17.1 Å². The summed E-state index contributed by atoms with van der Waals surface area (Å²) in [5.74, 6) is 0. The molecule has 5 nitrogen and oxygen atoms in total. The maximum atomic E-state index is 10.9. The van der Waals surface area contributed by atoms with Crippen LogP contribution in [0, 0.1) is 17.0 Å². The third-order valence-corrected chi connectivity index (χ3v) is 4.14. The SMILES string of the molecule is Cc1cc(N2CCN(c3ccccc3)CC2)ccc1[N+](=O)[O-]. The van der Waals surface area contributed by atoms with Gasteiger partial charge in [-0.15, -0.1) is 0 Å². The van der Waals surface area contributed by atoms with E-state index in [4.69, 9.17) is 0 Å². The molecule has 0 N–H and O–H groups in total. The van der Waals surface area contributed by atoms with Gasteiger partial charge in [-0.05, 0) is 31.2 Å². The van der Waals surface area contributed by atoms with Crippen molar-refractivity contribution < 1.29 is 4.92 Å². The van der Waals surface area contributed by atoms with Gasteiger partial charge in [0, 0.05) is 49.2 Å². The van der Waals surface area contributed by atoms with Crippen molar-refractivity contribution >= 4 is 17.1 Å². The molecule has 1 aliphatic heterocycles. The number of para-hydroxylation sites is 1. The third-order valence-electron chi connectivity index (χ3n) is 4.14. The Morgan fingerprint density at radius 1 is 0.909 bits per heavy atom. The maximum Gasteiger partial charge on any atom is 0.272 e. The number of anilines is 2. The minimum absolute atomic E-state index is 0.187. The van der Waals surface area contributed by atoms with E-state index >= 15 is 0 Å². The average Bonchev–Trinajstić information content (AvgIpc) is 2.55. The van der Waals surface area contributed by atoms with E-state index < -0.39 is 0 Å². The second-order valence-electron chi connectivity index (χ2n) is 5.54. The molecule has 3 rings (SSSR count). The fourth-order valence-corrected chi connectivity index (χ4v) is 2.90. The molecule has 1 fully saturated rings. The predicted octanol–water partition coefficient (Wildman–Crippen LogP) is 3.23. The zero-order chi connectivity index (χ0) is 15.5. The van der Waals surface area contributed by atoms with Crippen LogP contribution in [0.1, 0.15) is 5.56 Å². The average molecular weight is 297 g/mol. The van der Waals surface area contributed by atoms with E-state index in [9.17, 15) is 10.1 Å². The van der Waals surface area contributed by atoms with Crippen molar-refractivity contribution in [1.29, 1.82) is 0 Å². The van der Waals surface area contributed by atoms with Gasteiger partial charge in [0.05, 0.1) is 4.92 Å². The molecule has 0 amide bonds. The monoisotopic (exact) mass is 297 g/mol. The topological polar surface area (TPSA) is 49.6 Å². The Hall–Kier alpha value is -2.56. The Morgan fingerprint density at radius 3 is 2.05 bits per heavy atom. The summed E-state index contributed by atoms with van der Waals surface area (Å²) in [4.78, 5) is 15.2. The van der Waals surface area contributed by atoms with Crippen molar-refractivity contribution in [1.82, 2.24) is 0 Å². The van der Waals surface area contributed by atoms with Crippen LogP contribution in [-0.4, -0.2) is 31.1 Å². The molecule has 0 aromatic heterocycles. The van der Waals surface area contributed by atoms with Crippen LogP contribution in [0.5, 0.6) is 0 Å². The van der Waals surface area contributed by atoms with E-state index in [0.29, 0.717) is 5.56 Å². The first-order valence-electron chi connectivity index (χ1n) is 7.45. The van der Waals surface area contributed by atoms with Gasteiger partial charge in [-0.1, -0.05) is 18.2 Å². The number of piperazine rings is 1. The van der Waals surface area contributed by atoms with Crippen molar-refractivity contribution in [3.8, 4) is 0 Å². The molecule has 0 saturated carbocycles. The molecule has 0 spiro atoms. The molecule has 0 aliphatic carbocycles. The molecule has 22 heavy (non-hydrogen) atoms. The summed E-state index contributed by atoms with van der Waals surface area (Å²) in [7, 11) is 0. The van der Waals surface area contributed by atoms with E-state index in [1.54, 1.807) is 13.0 Å². The summed E-state index contributed by atoms with van der Waals surface area (Å²) in [6.07, 6.45) is 0. The Labute approximate surface area is 129 Å². The van der Waals surface area contributed by atoms with Crippen molar-refractivity contribution in [2.45, 2.75) is 6.92 Å². The fraction of sp³-hybridized carbons (Fsp3) is 0.294. The van der Waals surface area contributed by atoms with Gasteiger partial charge in [0.2, 0.25) is 0 Å². The number of nitro benzene ring substituents is 1. The molecule has 1 saturated heterocycles. The normalized spacial score (nSPS) is 15.0. The first-order chi connectivity index (χ1) is 10.6. The highest BCUT2D eigenvalue weighted by Crippen LogP contribution is 2.26. The predicted molar refractivity (Wildman–Crippen MR) is 88.7 cm³/mol. The summed E-state index contributed by atoms with van der Waals surface area (Å²) < 4.78 is 0. The van der Waals surface area contributed by atoms with Crippen molar-refractivity contribution in [3.63, 3.8) is 0 Å². The highest BCUT2D eigenvalue weighted by atomic mass is 16.6. The summed E-state index contributed by atoms with van der Waals surface area (Å²) in [6, 6.07) is 15.8. The molecule has 0 radical (unpaired) electrons. The van der Waals surface area contributed by atoms with Crippen molar-refractivity contribution in [3.05, 3.63) is 64.2 Å². The van der Waals surface area contributed by atoms with E-state index in [0.717, 1.165) is 31.9 Å². The molecule has 2 aromatic rings. The van der Waals surface area contributed by atoms with Gasteiger partial charge < -0.3 is 9.80 Å². The van der Waals surface area contributed by atoms with Gasteiger partial charge in [-0.3, -0.25) is 10.1 Å². The van der Waals surface area contributed by atoms with Crippen molar-refractivity contribution in [2.24, 2.45) is 0 Å². The van der Waals surface area contributed by atoms with Gasteiger partial charge in [0.1, 0.15) is 0 Å². The standard InChI is InChI=1S/C17H19N3O2/c1-14-13-16(7-8-17(14)20(21)22)19-11-9-18(10-12-19)15-5-3-2-4-6-15/h2-8,13H,9-12H2,1H3. The highest BCUT2D eigenvalue weighted by molar-refractivity contribution is 5.57. The highest BCUT2D eigenvalue weighted by Gasteiger charge is 2.19. The lowest BCUT2D eigenvalue weighted by Crippen LogP contribution is -2.46. The zero-order valence-corrected chi connectivity index (χ0v) is 12.6. The third kappa shape index (κ3) is 2.88. The van der Waals surface area contributed by atoms with Crippen LogP contribution in [0.2, 0.25) is 0 Å². The van der Waals surface area contributed by atoms with Crippen LogP contribution in [0.25, 0.3) is 0 Å². The molecule has 1 heterocycles. The number of aryl methyl sites for hydroxylation is 1. The number of hydrogen-bond acceptors (Lipinski definition) is 4. The van der Waals surface area contributed by atoms with Crippen LogP contribution >= 0.6 is 0 Å². The minimum atomic E-state index is -0.327. The Morgan fingerprint density at radius 2 is 1.50 bits per heavy atom. The zero-order valence-electron chi connectivity index (χ0n) is 12.6. The smallest absolute Gasteiger partial charge is 0.272 e. The fourth-order valence-electron chi connectivity index (χ4n) is 2.90. The molecule has 1 aliphatic rings. The Balaban J connectivity index is 1.69. The van der Waals surface area contributed by atoms with Crippen LogP contribution < -0.4 is 9.80 Å². The van der Waals surface area contributed by atoms with Crippen LogP contribution in [0.3, 0.4) is 0 Å². The van der Waals surface area contributed by atoms with E-state index in [1.165, 1.54) is 5.69 Å². The Kier molecular flexibility index (Phi) is 3.96. The van der Waals surface area contributed by atoms with Crippen molar-refractivity contribution in [2.75, 3.05) is 36.0 Å². The van der Waals surface area contributed by atoms with Crippen LogP contribution in [0.15, 0.2) is 48.5 Å². The number of rotatable bonds is 3. The van der Waals surface area contributed by atoms with Gasteiger partial charge in [-0.25, -0.2) is 0 Å². The molecule has 2 aromatic carbocycles. The molecule has 0 bridgehead atoms. The number of benzene rings is 2. The summed E-state index contributed by atoms with van der Waals surface area (Å²) in [6.45, 7) is 5.56. The maximum absolute atomic E-state index is 10.9. The largest absolute Gasteiger partial charge is 0.368 e. The Bertz CT molecular complexity index is 665. The molecule has 114 valence electrons. The summed E-state index contributed by atoms with van der Waals surface area (Å²) in [5.41, 5.74) is 3.22. The van der Waals surface area contributed by atoms with Crippen LogP contribution in [-0.2, 0) is 0 Å². The van der Waals surface area contributed by atoms with E-state index in [-0.39, 0.29) is 10.6 Å². The quantitative estimate of drug-likeness (QED) is 0.644. The first-order valence-corrected chi connectivity index (χ1v) is 7.45. The molecular formula is C17H19N3O2. The molecular weight excluding hydrogens is 278 g/mol. The van der Waals surface area contributed by atoms with Gasteiger partial charge in [0.15, 0.2) is 0 Å². The van der Waals surface area contributed by atoms with Gasteiger partial charge >= 0.3 is 0 Å². The van der Waals surface area contributed by atoms with E-state index in [1.807, 2.05) is 18.2 Å². The number of hydrogen-bond donors (Lipinski definition) is 0. The van der Waals surface area contributed by atoms with Gasteiger partial charge in [0.25, 0.3) is 5.69 Å². The second-order valence-corrected chi connectivity index (χ2v) is 5.54. The number of nitro groups is 1. The lowest BCUT2D eigenvalue weighted by atomic mass is 10.1. The lowest BCUT2D eigenvalue weighted by molar-refractivity contribution is -0.385. The van der Waals surface area contributed by atoms with Gasteiger partial charge in [-0.2, -0.15) is 0 Å². The van der Waals surface area contributed by atoms with E-state index in [2.05, 4.69) is 34.1 Å². The molecule has 0 unspecified atom stereocenters. The lowest BCUT2D eigenvalue weighted by Gasteiger charge is -2.37.